The maximum absolute atomic E-state index is 12.3. The first-order valence-electron chi connectivity index (χ1n) is 7.67. The second-order valence-corrected chi connectivity index (χ2v) is 5.88. The lowest BCUT2D eigenvalue weighted by molar-refractivity contribution is -0.131. The van der Waals surface area contributed by atoms with Crippen molar-refractivity contribution in [2.45, 2.75) is 32.6 Å². The number of aryl methyl sites for hydroxylation is 1. The van der Waals surface area contributed by atoms with E-state index in [-0.39, 0.29) is 5.91 Å². The second-order valence-electron chi connectivity index (χ2n) is 5.88. The Balaban J connectivity index is 1.78. The summed E-state index contributed by atoms with van der Waals surface area (Å²) in [5.41, 5.74) is 2.37. The van der Waals surface area contributed by atoms with E-state index in [2.05, 4.69) is 36.5 Å². The van der Waals surface area contributed by atoms with E-state index in [0.29, 0.717) is 6.42 Å². The minimum atomic E-state index is 0.279. The average molecular weight is 274 g/mol. The van der Waals surface area contributed by atoms with E-state index in [1.807, 2.05) is 11.9 Å². The van der Waals surface area contributed by atoms with Crippen LogP contribution in [0.5, 0.6) is 0 Å². The van der Waals surface area contributed by atoms with Gasteiger partial charge in [-0.25, -0.2) is 0 Å². The molecule has 1 saturated heterocycles. The molecule has 0 radical (unpaired) electrons. The van der Waals surface area contributed by atoms with Crippen molar-refractivity contribution in [2.24, 2.45) is 5.92 Å². The molecule has 0 aromatic heterocycles. The number of nitrogens with zero attached hydrogens (tertiary/aromatic N) is 1. The standard InChI is InChI=1S/C17H26N2O/c1-14-3-5-16(6-4-14)13-17(20)19-11-8-15(9-12-19)7-10-18-2/h3-6,15,18H,7-13H2,1-2H3. The Labute approximate surface area is 122 Å². The number of nitrogens with one attached hydrogen (secondary N) is 1. The number of rotatable bonds is 5. The third-order valence-electron chi connectivity index (χ3n) is 4.25. The number of hydrogen-bond acceptors (Lipinski definition) is 2. The fourth-order valence-corrected chi connectivity index (χ4v) is 2.81. The zero-order chi connectivity index (χ0) is 14.4. The van der Waals surface area contributed by atoms with E-state index >= 15 is 0 Å². The van der Waals surface area contributed by atoms with Crippen LogP contribution in [-0.4, -0.2) is 37.5 Å². The van der Waals surface area contributed by atoms with Crippen LogP contribution < -0.4 is 5.32 Å². The van der Waals surface area contributed by atoms with Crippen molar-refractivity contribution in [1.29, 1.82) is 0 Å². The highest BCUT2D eigenvalue weighted by Gasteiger charge is 2.22. The lowest BCUT2D eigenvalue weighted by Crippen LogP contribution is -2.39. The molecule has 1 aromatic rings. The Kier molecular flexibility index (Phi) is 5.60. The number of hydrogen-bond donors (Lipinski definition) is 1. The van der Waals surface area contributed by atoms with Crippen molar-refractivity contribution in [3.05, 3.63) is 35.4 Å². The van der Waals surface area contributed by atoms with Gasteiger partial charge < -0.3 is 10.2 Å². The van der Waals surface area contributed by atoms with Gasteiger partial charge in [0.1, 0.15) is 0 Å². The summed E-state index contributed by atoms with van der Waals surface area (Å²) in [7, 11) is 2.00. The zero-order valence-corrected chi connectivity index (χ0v) is 12.7. The number of piperidine rings is 1. The maximum Gasteiger partial charge on any atom is 0.226 e. The molecule has 1 N–H and O–H groups in total. The smallest absolute Gasteiger partial charge is 0.226 e. The predicted molar refractivity (Wildman–Crippen MR) is 82.7 cm³/mol. The van der Waals surface area contributed by atoms with Gasteiger partial charge in [0.05, 0.1) is 6.42 Å². The molecule has 1 amide bonds. The molecule has 1 aliphatic heterocycles. The van der Waals surface area contributed by atoms with Gasteiger partial charge in [-0.2, -0.15) is 0 Å². The summed E-state index contributed by atoms with van der Waals surface area (Å²) >= 11 is 0. The van der Waals surface area contributed by atoms with E-state index in [0.717, 1.165) is 44.0 Å². The summed E-state index contributed by atoms with van der Waals surface area (Å²) in [6, 6.07) is 8.28. The number of carbonyl (C=O) groups excluding carboxylic acids is 1. The molecular weight excluding hydrogens is 248 g/mol. The first-order chi connectivity index (χ1) is 9.69. The molecule has 1 aliphatic rings. The molecule has 2 rings (SSSR count). The fourth-order valence-electron chi connectivity index (χ4n) is 2.81. The molecule has 0 bridgehead atoms. The zero-order valence-electron chi connectivity index (χ0n) is 12.7. The number of benzene rings is 1. The van der Waals surface area contributed by atoms with Gasteiger partial charge in [0.25, 0.3) is 0 Å². The topological polar surface area (TPSA) is 32.3 Å². The normalized spacial score (nSPS) is 16.4. The van der Waals surface area contributed by atoms with Crippen LogP contribution in [0.4, 0.5) is 0 Å². The molecule has 1 fully saturated rings. The number of amides is 1. The summed E-state index contributed by atoms with van der Waals surface area (Å²) in [6.07, 6.45) is 4.08. The molecule has 3 heteroatoms. The minimum absolute atomic E-state index is 0.279. The molecule has 3 nitrogen and oxygen atoms in total. The van der Waals surface area contributed by atoms with Crippen molar-refractivity contribution in [2.75, 3.05) is 26.7 Å². The van der Waals surface area contributed by atoms with Crippen molar-refractivity contribution in [3.63, 3.8) is 0 Å². The second kappa shape index (κ2) is 7.44. The molecular formula is C17H26N2O. The largest absolute Gasteiger partial charge is 0.342 e. The van der Waals surface area contributed by atoms with E-state index in [1.54, 1.807) is 0 Å². The minimum Gasteiger partial charge on any atom is -0.342 e. The van der Waals surface area contributed by atoms with E-state index in [1.165, 1.54) is 12.0 Å². The van der Waals surface area contributed by atoms with Crippen molar-refractivity contribution in [3.8, 4) is 0 Å². The number of carbonyl (C=O) groups is 1. The third kappa shape index (κ3) is 4.34. The molecule has 110 valence electrons. The summed E-state index contributed by atoms with van der Waals surface area (Å²) < 4.78 is 0. The van der Waals surface area contributed by atoms with Gasteiger partial charge in [-0.1, -0.05) is 29.8 Å². The first-order valence-corrected chi connectivity index (χ1v) is 7.67. The molecule has 0 aliphatic carbocycles. The van der Waals surface area contributed by atoms with Crippen LogP contribution in [0.25, 0.3) is 0 Å². The van der Waals surface area contributed by atoms with E-state index < -0.39 is 0 Å². The van der Waals surface area contributed by atoms with E-state index in [9.17, 15) is 4.79 Å². The average Bonchev–Trinajstić information content (AvgIpc) is 2.48. The van der Waals surface area contributed by atoms with Crippen molar-refractivity contribution in [1.82, 2.24) is 10.2 Å². The van der Waals surface area contributed by atoms with Crippen LogP contribution in [0, 0.1) is 12.8 Å². The quantitative estimate of drug-likeness (QED) is 0.894. The third-order valence-corrected chi connectivity index (χ3v) is 4.25. The Morgan fingerprint density at radius 2 is 1.90 bits per heavy atom. The molecule has 0 unspecified atom stereocenters. The van der Waals surface area contributed by atoms with Gasteiger partial charge in [0, 0.05) is 13.1 Å². The van der Waals surface area contributed by atoms with Crippen molar-refractivity contribution >= 4 is 5.91 Å². The first kappa shape index (κ1) is 15.0. The molecule has 0 spiro atoms. The predicted octanol–water partition coefficient (Wildman–Crippen LogP) is 2.39. The SMILES string of the molecule is CNCCC1CCN(C(=O)Cc2ccc(C)cc2)CC1. The fraction of sp³-hybridized carbons (Fsp3) is 0.588. The highest BCUT2D eigenvalue weighted by Crippen LogP contribution is 2.20. The molecule has 0 atom stereocenters. The lowest BCUT2D eigenvalue weighted by Gasteiger charge is -2.32. The van der Waals surface area contributed by atoms with Gasteiger partial charge in [-0.3, -0.25) is 4.79 Å². The Bertz CT molecular complexity index is 419. The summed E-state index contributed by atoms with van der Waals surface area (Å²) in [6.45, 7) is 5.02. The van der Waals surface area contributed by atoms with Crippen LogP contribution >= 0.6 is 0 Å². The molecule has 1 aromatic carbocycles. The summed E-state index contributed by atoms with van der Waals surface area (Å²) in [5, 5.41) is 3.21. The van der Waals surface area contributed by atoms with Crippen LogP contribution in [0.1, 0.15) is 30.4 Å². The highest BCUT2D eigenvalue weighted by molar-refractivity contribution is 5.78. The van der Waals surface area contributed by atoms with Gasteiger partial charge in [-0.15, -0.1) is 0 Å². The van der Waals surface area contributed by atoms with Crippen LogP contribution in [0.3, 0.4) is 0 Å². The summed E-state index contributed by atoms with van der Waals surface area (Å²) in [5.74, 6) is 1.06. The molecule has 1 heterocycles. The van der Waals surface area contributed by atoms with Gasteiger partial charge in [0.15, 0.2) is 0 Å². The van der Waals surface area contributed by atoms with Gasteiger partial charge in [-0.05, 0) is 51.3 Å². The Morgan fingerprint density at radius 3 is 2.50 bits per heavy atom. The van der Waals surface area contributed by atoms with Crippen molar-refractivity contribution < 1.29 is 4.79 Å². The Hall–Kier alpha value is -1.35. The summed E-state index contributed by atoms with van der Waals surface area (Å²) in [4.78, 5) is 14.3. The van der Waals surface area contributed by atoms with Gasteiger partial charge in [0.2, 0.25) is 5.91 Å². The highest BCUT2D eigenvalue weighted by atomic mass is 16.2. The molecule has 0 saturated carbocycles. The lowest BCUT2D eigenvalue weighted by atomic mass is 9.93. The Morgan fingerprint density at radius 1 is 1.25 bits per heavy atom. The number of likely N-dealkylation sites (tertiary alicyclic amines) is 1. The maximum atomic E-state index is 12.3. The van der Waals surface area contributed by atoms with E-state index in [4.69, 9.17) is 0 Å². The molecule has 20 heavy (non-hydrogen) atoms. The van der Waals surface area contributed by atoms with Crippen LogP contribution in [-0.2, 0) is 11.2 Å². The van der Waals surface area contributed by atoms with Crippen LogP contribution in [0.15, 0.2) is 24.3 Å². The van der Waals surface area contributed by atoms with Gasteiger partial charge >= 0.3 is 0 Å². The van der Waals surface area contributed by atoms with Crippen LogP contribution in [0.2, 0.25) is 0 Å². The monoisotopic (exact) mass is 274 g/mol.